The van der Waals surface area contributed by atoms with Gasteiger partial charge in [0.25, 0.3) is 5.91 Å². The molecule has 0 saturated carbocycles. The Bertz CT molecular complexity index is 554. The van der Waals surface area contributed by atoms with Gasteiger partial charge in [0.05, 0.1) is 0 Å². The molecule has 1 aromatic carbocycles. The lowest BCUT2D eigenvalue weighted by molar-refractivity contribution is 0.0926. The summed E-state index contributed by atoms with van der Waals surface area (Å²) in [7, 11) is 2.03. The Morgan fingerprint density at radius 3 is 2.65 bits per heavy atom. The van der Waals surface area contributed by atoms with E-state index in [2.05, 4.69) is 22.3 Å². The number of furan rings is 1. The van der Waals surface area contributed by atoms with Gasteiger partial charge in [0, 0.05) is 25.8 Å². The first-order valence-corrected chi connectivity index (χ1v) is 6.84. The summed E-state index contributed by atoms with van der Waals surface area (Å²) in [4.78, 5) is 13.8. The number of amides is 1. The van der Waals surface area contributed by atoms with E-state index in [0.29, 0.717) is 6.54 Å². The largest absolute Gasteiger partial charge is 0.440 e. The first kappa shape index (κ1) is 14.5. The number of carbonyl (C=O) groups is 1. The second kappa shape index (κ2) is 7.01. The van der Waals surface area contributed by atoms with Crippen molar-refractivity contribution in [1.29, 1.82) is 0 Å². The molecule has 0 unspecified atom stereocenters. The Morgan fingerprint density at radius 1 is 1.25 bits per heavy atom. The predicted octanol–water partition coefficient (Wildman–Crippen LogP) is 3.19. The van der Waals surface area contributed by atoms with E-state index >= 15 is 0 Å². The van der Waals surface area contributed by atoms with E-state index in [-0.39, 0.29) is 16.9 Å². The van der Waals surface area contributed by atoms with Gasteiger partial charge in [0.2, 0.25) is 0 Å². The van der Waals surface area contributed by atoms with Crippen molar-refractivity contribution < 1.29 is 9.21 Å². The Balaban J connectivity index is 1.70. The zero-order valence-electron chi connectivity index (χ0n) is 11.3. The number of rotatable bonds is 6. The Labute approximate surface area is 123 Å². The van der Waals surface area contributed by atoms with Crippen LogP contribution in [0.5, 0.6) is 0 Å². The van der Waals surface area contributed by atoms with Crippen LogP contribution in [-0.2, 0) is 0 Å². The molecular weight excluding hydrogens is 276 g/mol. The number of para-hydroxylation sites is 1. The van der Waals surface area contributed by atoms with Gasteiger partial charge in [-0.05, 0) is 42.3 Å². The second-order valence-electron chi connectivity index (χ2n) is 4.47. The van der Waals surface area contributed by atoms with E-state index in [1.165, 1.54) is 0 Å². The molecule has 2 rings (SSSR count). The van der Waals surface area contributed by atoms with Crippen LogP contribution in [0.3, 0.4) is 0 Å². The number of nitrogens with zero attached hydrogens (tertiary/aromatic N) is 1. The maximum absolute atomic E-state index is 11.7. The van der Waals surface area contributed by atoms with Crippen molar-refractivity contribution >= 4 is 23.2 Å². The molecular formula is C15H17ClN2O2. The minimum atomic E-state index is -0.237. The molecule has 4 nitrogen and oxygen atoms in total. The van der Waals surface area contributed by atoms with E-state index in [0.717, 1.165) is 18.7 Å². The average Bonchev–Trinajstić information content (AvgIpc) is 2.91. The van der Waals surface area contributed by atoms with Crippen LogP contribution < -0.4 is 10.2 Å². The summed E-state index contributed by atoms with van der Waals surface area (Å²) in [5.41, 5.74) is 1.16. The van der Waals surface area contributed by atoms with Gasteiger partial charge in [-0.1, -0.05) is 18.2 Å². The van der Waals surface area contributed by atoms with Crippen molar-refractivity contribution in [3.8, 4) is 0 Å². The molecule has 0 atom stereocenters. The molecule has 106 valence electrons. The normalized spacial score (nSPS) is 10.3. The lowest BCUT2D eigenvalue weighted by Gasteiger charge is -2.19. The quantitative estimate of drug-likeness (QED) is 0.832. The van der Waals surface area contributed by atoms with Crippen LogP contribution in [0.2, 0.25) is 5.22 Å². The molecule has 1 aromatic heterocycles. The monoisotopic (exact) mass is 292 g/mol. The third kappa shape index (κ3) is 4.03. The van der Waals surface area contributed by atoms with Crippen molar-refractivity contribution in [2.24, 2.45) is 0 Å². The van der Waals surface area contributed by atoms with E-state index in [9.17, 15) is 4.79 Å². The first-order valence-electron chi connectivity index (χ1n) is 6.46. The number of hydrogen-bond donors (Lipinski definition) is 1. The second-order valence-corrected chi connectivity index (χ2v) is 4.84. The van der Waals surface area contributed by atoms with Crippen LogP contribution in [0.25, 0.3) is 0 Å². The van der Waals surface area contributed by atoms with Gasteiger partial charge in [-0.15, -0.1) is 0 Å². The maximum atomic E-state index is 11.7. The Hall–Kier alpha value is -1.94. The Morgan fingerprint density at radius 2 is 2.00 bits per heavy atom. The third-order valence-electron chi connectivity index (χ3n) is 2.95. The highest BCUT2D eigenvalue weighted by molar-refractivity contribution is 6.29. The summed E-state index contributed by atoms with van der Waals surface area (Å²) in [6.45, 7) is 1.46. The fourth-order valence-corrected chi connectivity index (χ4v) is 2.00. The molecule has 1 amide bonds. The topological polar surface area (TPSA) is 45.5 Å². The number of hydrogen-bond acceptors (Lipinski definition) is 3. The number of halogens is 1. The van der Waals surface area contributed by atoms with Crippen molar-refractivity contribution in [3.05, 3.63) is 53.4 Å². The van der Waals surface area contributed by atoms with Gasteiger partial charge in [-0.2, -0.15) is 0 Å². The van der Waals surface area contributed by atoms with Gasteiger partial charge in [-0.3, -0.25) is 4.79 Å². The van der Waals surface area contributed by atoms with Crippen LogP contribution in [0.4, 0.5) is 5.69 Å². The van der Waals surface area contributed by atoms with Crippen molar-refractivity contribution in [1.82, 2.24) is 5.32 Å². The highest BCUT2D eigenvalue weighted by Gasteiger charge is 2.09. The lowest BCUT2D eigenvalue weighted by atomic mass is 10.3. The van der Waals surface area contributed by atoms with Crippen molar-refractivity contribution in [2.75, 3.05) is 25.0 Å². The van der Waals surface area contributed by atoms with Gasteiger partial charge in [-0.25, -0.2) is 0 Å². The van der Waals surface area contributed by atoms with Crippen LogP contribution >= 0.6 is 11.6 Å². The molecule has 0 saturated heterocycles. The van der Waals surface area contributed by atoms with Crippen LogP contribution in [0, 0.1) is 0 Å². The molecule has 0 bridgehead atoms. The number of benzene rings is 1. The van der Waals surface area contributed by atoms with Crippen LogP contribution in [-0.4, -0.2) is 26.0 Å². The van der Waals surface area contributed by atoms with E-state index in [1.807, 2.05) is 25.2 Å². The zero-order chi connectivity index (χ0) is 14.4. The van der Waals surface area contributed by atoms with Crippen LogP contribution in [0.15, 0.2) is 46.9 Å². The molecule has 1 heterocycles. The molecule has 0 spiro atoms. The third-order valence-corrected chi connectivity index (χ3v) is 3.15. The molecule has 0 aliphatic carbocycles. The average molecular weight is 293 g/mol. The highest BCUT2D eigenvalue weighted by Crippen LogP contribution is 2.13. The zero-order valence-corrected chi connectivity index (χ0v) is 12.1. The van der Waals surface area contributed by atoms with Crippen LogP contribution in [0.1, 0.15) is 17.0 Å². The number of anilines is 1. The molecule has 1 N–H and O–H groups in total. The molecule has 2 aromatic rings. The van der Waals surface area contributed by atoms with Crippen molar-refractivity contribution in [3.63, 3.8) is 0 Å². The van der Waals surface area contributed by atoms with Gasteiger partial charge in [0.15, 0.2) is 11.0 Å². The number of nitrogens with one attached hydrogen (secondary N) is 1. The SMILES string of the molecule is CN(CCCNC(=O)c1ccc(Cl)o1)c1ccccc1. The standard InChI is InChI=1S/C15H17ClN2O2/c1-18(12-6-3-2-4-7-12)11-5-10-17-15(19)13-8-9-14(16)20-13/h2-4,6-9H,5,10-11H2,1H3,(H,17,19). The Kier molecular flexibility index (Phi) is 5.07. The summed E-state index contributed by atoms with van der Waals surface area (Å²) < 4.78 is 5.04. The smallest absolute Gasteiger partial charge is 0.287 e. The summed E-state index contributed by atoms with van der Waals surface area (Å²) in [5, 5.41) is 3.02. The summed E-state index contributed by atoms with van der Waals surface area (Å²) in [6.07, 6.45) is 0.853. The van der Waals surface area contributed by atoms with E-state index in [1.54, 1.807) is 12.1 Å². The molecule has 0 fully saturated rings. The van der Waals surface area contributed by atoms with Crippen molar-refractivity contribution in [2.45, 2.75) is 6.42 Å². The molecule has 0 aliphatic heterocycles. The summed E-state index contributed by atoms with van der Waals surface area (Å²) in [6, 6.07) is 13.2. The summed E-state index contributed by atoms with van der Waals surface area (Å²) >= 11 is 5.62. The fraction of sp³-hybridized carbons (Fsp3) is 0.267. The predicted molar refractivity (Wildman–Crippen MR) is 80.4 cm³/mol. The van der Waals surface area contributed by atoms with E-state index in [4.69, 9.17) is 16.0 Å². The molecule has 5 heteroatoms. The molecule has 20 heavy (non-hydrogen) atoms. The molecule has 0 aliphatic rings. The number of carbonyl (C=O) groups excluding carboxylic acids is 1. The lowest BCUT2D eigenvalue weighted by Crippen LogP contribution is -2.27. The first-order chi connectivity index (χ1) is 9.66. The fourth-order valence-electron chi connectivity index (χ4n) is 1.85. The highest BCUT2D eigenvalue weighted by atomic mass is 35.5. The van der Waals surface area contributed by atoms with Gasteiger partial charge >= 0.3 is 0 Å². The maximum Gasteiger partial charge on any atom is 0.287 e. The summed E-state index contributed by atoms with van der Waals surface area (Å²) in [5.74, 6) is 0.00526. The van der Waals surface area contributed by atoms with Gasteiger partial charge < -0.3 is 14.6 Å². The minimum Gasteiger partial charge on any atom is -0.440 e. The minimum absolute atomic E-state index is 0.221. The van der Waals surface area contributed by atoms with E-state index < -0.39 is 0 Å². The molecule has 0 radical (unpaired) electrons. The van der Waals surface area contributed by atoms with Gasteiger partial charge in [0.1, 0.15) is 0 Å².